The zero-order valence-corrected chi connectivity index (χ0v) is 15.1. The minimum atomic E-state index is -0.681. The van der Waals surface area contributed by atoms with Crippen molar-refractivity contribution in [1.82, 2.24) is 0 Å². The third kappa shape index (κ3) is 4.97. The number of esters is 1. The molecule has 0 spiro atoms. The standard InChI is InChI=1S/C19H20ClNO4/c1-4-17(25-15-7-5-6-14(20)11-15)18(22)21-16-10-13(19(23)24-3)9-8-12(16)2/h5-11,17H,4H2,1-3H3,(H,21,22)/t17-/m1/s1. The van der Waals surface area contributed by atoms with Gasteiger partial charge >= 0.3 is 5.97 Å². The van der Waals surface area contributed by atoms with Crippen molar-refractivity contribution in [1.29, 1.82) is 0 Å². The topological polar surface area (TPSA) is 64.6 Å². The summed E-state index contributed by atoms with van der Waals surface area (Å²) < 4.78 is 10.4. The third-order valence-corrected chi connectivity index (χ3v) is 3.89. The van der Waals surface area contributed by atoms with Gasteiger partial charge in [0.2, 0.25) is 0 Å². The zero-order chi connectivity index (χ0) is 18.4. The minimum Gasteiger partial charge on any atom is -0.481 e. The highest BCUT2D eigenvalue weighted by Gasteiger charge is 2.20. The van der Waals surface area contributed by atoms with Gasteiger partial charge in [0.15, 0.2) is 6.10 Å². The van der Waals surface area contributed by atoms with Crippen molar-refractivity contribution in [2.24, 2.45) is 0 Å². The highest BCUT2D eigenvalue weighted by atomic mass is 35.5. The number of halogens is 1. The lowest BCUT2D eigenvalue weighted by atomic mass is 10.1. The number of aryl methyl sites for hydroxylation is 1. The largest absolute Gasteiger partial charge is 0.481 e. The van der Waals surface area contributed by atoms with E-state index in [1.165, 1.54) is 7.11 Å². The highest BCUT2D eigenvalue weighted by Crippen LogP contribution is 2.21. The molecule has 0 aliphatic heterocycles. The number of methoxy groups -OCH3 is 1. The first-order chi connectivity index (χ1) is 11.9. The Morgan fingerprint density at radius 3 is 2.60 bits per heavy atom. The molecule has 2 rings (SSSR count). The van der Waals surface area contributed by atoms with E-state index in [-0.39, 0.29) is 5.91 Å². The second kappa shape index (κ2) is 8.53. The maximum atomic E-state index is 12.6. The lowest BCUT2D eigenvalue weighted by Gasteiger charge is -2.18. The molecule has 0 saturated carbocycles. The second-order valence-corrected chi connectivity index (χ2v) is 5.92. The Labute approximate surface area is 151 Å². The van der Waals surface area contributed by atoms with Gasteiger partial charge in [-0.05, 0) is 49.2 Å². The number of benzene rings is 2. The second-order valence-electron chi connectivity index (χ2n) is 5.48. The van der Waals surface area contributed by atoms with Crippen LogP contribution < -0.4 is 10.1 Å². The van der Waals surface area contributed by atoms with Gasteiger partial charge in [0.1, 0.15) is 5.75 Å². The van der Waals surface area contributed by atoms with Crippen molar-refractivity contribution >= 4 is 29.2 Å². The molecule has 0 heterocycles. The Bertz CT molecular complexity index is 776. The summed E-state index contributed by atoms with van der Waals surface area (Å²) in [5.74, 6) is -0.236. The maximum absolute atomic E-state index is 12.6. The summed E-state index contributed by atoms with van der Waals surface area (Å²) in [6, 6.07) is 11.9. The van der Waals surface area contributed by atoms with E-state index < -0.39 is 12.1 Å². The van der Waals surface area contributed by atoms with E-state index in [0.29, 0.717) is 28.4 Å². The first-order valence-electron chi connectivity index (χ1n) is 7.86. The maximum Gasteiger partial charge on any atom is 0.337 e. The molecule has 25 heavy (non-hydrogen) atoms. The molecule has 0 unspecified atom stereocenters. The van der Waals surface area contributed by atoms with Gasteiger partial charge in [-0.15, -0.1) is 0 Å². The van der Waals surface area contributed by atoms with Gasteiger partial charge < -0.3 is 14.8 Å². The summed E-state index contributed by atoms with van der Waals surface area (Å²) >= 11 is 5.94. The van der Waals surface area contributed by atoms with Crippen molar-refractivity contribution in [2.75, 3.05) is 12.4 Å². The number of ether oxygens (including phenoxy) is 2. The SMILES string of the molecule is CC[C@@H](Oc1cccc(Cl)c1)C(=O)Nc1cc(C(=O)OC)ccc1C. The quantitative estimate of drug-likeness (QED) is 0.782. The van der Waals surface area contributed by atoms with E-state index in [2.05, 4.69) is 5.32 Å². The fourth-order valence-electron chi connectivity index (χ4n) is 2.24. The van der Waals surface area contributed by atoms with Gasteiger partial charge in [0.05, 0.1) is 12.7 Å². The normalized spacial score (nSPS) is 11.5. The van der Waals surface area contributed by atoms with Gasteiger partial charge in [0, 0.05) is 10.7 Å². The molecule has 2 aromatic carbocycles. The predicted molar refractivity (Wildman–Crippen MR) is 97.3 cm³/mol. The minimum absolute atomic E-state index is 0.299. The molecule has 0 fully saturated rings. The van der Waals surface area contributed by atoms with Crippen LogP contribution in [0.3, 0.4) is 0 Å². The van der Waals surface area contributed by atoms with Crippen molar-refractivity contribution in [3.8, 4) is 5.75 Å². The first kappa shape index (κ1) is 18.8. The molecule has 0 saturated heterocycles. The lowest BCUT2D eigenvalue weighted by molar-refractivity contribution is -0.122. The smallest absolute Gasteiger partial charge is 0.337 e. The van der Waals surface area contributed by atoms with Gasteiger partial charge in [0.25, 0.3) is 5.91 Å². The molecule has 0 aliphatic rings. The molecule has 1 amide bonds. The Hall–Kier alpha value is -2.53. The van der Waals surface area contributed by atoms with E-state index in [1.54, 1.807) is 42.5 Å². The average molecular weight is 362 g/mol. The average Bonchev–Trinajstić information content (AvgIpc) is 2.60. The number of amides is 1. The van der Waals surface area contributed by atoms with Gasteiger partial charge in [-0.2, -0.15) is 0 Å². The number of hydrogen-bond acceptors (Lipinski definition) is 4. The molecule has 5 nitrogen and oxygen atoms in total. The van der Waals surface area contributed by atoms with E-state index in [4.69, 9.17) is 21.1 Å². The van der Waals surface area contributed by atoms with Crippen LogP contribution in [0.1, 0.15) is 29.3 Å². The molecule has 0 aliphatic carbocycles. The summed E-state index contributed by atoms with van der Waals surface area (Å²) in [4.78, 5) is 24.2. The molecule has 2 aromatic rings. The Balaban J connectivity index is 2.15. The van der Waals surface area contributed by atoms with Crippen molar-refractivity contribution in [3.05, 3.63) is 58.6 Å². The van der Waals surface area contributed by atoms with Crippen LogP contribution in [0.4, 0.5) is 5.69 Å². The van der Waals surface area contributed by atoms with E-state index in [1.807, 2.05) is 13.8 Å². The molecule has 132 valence electrons. The van der Waals surface area contributed by atoms with E-state index in [0.717, 1.165) is 5.56 Å². The molecule has 1 N–H and O–H groups in total. The number of carbonyl (C=O) groups is 2. The summed E-state index contributed by atoms with van der Waals surface area (Å²) in [5, 5.41) is 3.35. The van der Waals surface area contributed by atoms with Crippen LogP contribution in [-0.2, 0) is 9.53 Å². The molecule has 1 atom stereocenters. The van der Waals surface area contributed by atoms with Gasteiger partial charge in [-0.3, -0.25) is 4.79 Å². The zero-order valence-electron chi connectivity index (χ0n) is 14.3. The third-order valence-electron chi connectivity index (χ3n) is 3.65. The number of hydrogen-bond donors (Lipinski definition) is 1. The van der Waals surface area contributed by atoms with Crippen molar-refractivity contribution in [2.45, 2.75) is 26.4 Å². The van der Waals surface area contributed by atoms with Crippen LogP contribution in [0.2, 0.25) is 5.02 Å². The molecular weight excluding hydrogens is 342 g/mol. The van der Waals surface area contributed by atoms with Crippen LogP contribution in [0.5, 0.6) is 5.75 Å². The van der Waals surface area contributed by atoms with Crippen LogP contribution in [0.25, 0.3) is 0 Å². The monoisotopic (exact) mass is 361 g/mol. The van der Waals surface area contributed by atoms with Crippen LogP contribution in [0.15, 0.2) is 42.5 Å². The Morgan fingerprint density at radius 1 is 1.20 bits per heavy atom. The first-order valence-corrected chi connectivity index (χ1v) is 8.24. The summed E-state index contributed by atoms with van der Waals surface area (Å²) in [6.07, 6.45) is -0.201. The molecule has 6 heteroatoms. The van der Waals surface area contributed by atoms with E-state index in [9.17, 15) is 9.59 Å². The number of nitrogens with one attached hydrogen (secondary N) is 1. The highest BCUT2D eigenvalue weighted by molar-refractivity contribution is 6.30. The Morgan fingerprint density at radius 2 is 1.96 bits per heavy atom. The van der Waals surface area contributed by atoms with Crippen LogP contribution in [0, 0.1) is 6.92 Å². The van der Waals surface area contributed by atoms with Crippen LogP contribution >= 0.6 is 11.6 Å². The van der Waals surface area contributed by atoms with Gasteiger partial charge in [-0.1, -0.05) is 30.7 Å². The molecular formula is C19H20ClNO4. The number of rotatable bonds is 6. The predicted octanol–water partition coefficient (Wildman–Crippen LogP) is 4.23. The van der Waals surface area contributed by atoms with E-state index >= 15 is 0 Å². The number of carbonyl (C=O) groups excluding carboxylic acids is 2. The molecule has 0 bridgehead atoms. The number of anilines is 1. The lowest BCUT2D eigenvalue weighted by Crippen LogP contribution is -2.32. The van der Waals surface area contributed by atoms with Crippen LogP contribution in [-0.4, -0.2) is 25.1 Å². The fourth-order valence-corrected chi connectivity index (χ4v) is 2.42. The summed E-state index contributed by atoms with van der Waals surface area (Å²) in [7, 11) is 1.31. The molecule has 0 aromatic heterocycles. The molecule has 0 radical (unpaired) electrons. The van der Waals surface area contributed by atoms with Crippen molar-refractivity contribution < 1.29 is 19.1 Å². The summed E-state index contributed by atoms with van der Waals surface area (Å²) in [6.45, 7) is 3.70. The van der Waals surface area contributed by atoms with Crippen molar-refractivity contribution in [3.63, 3.8) is 0 Å². The van der Waals surface area contributed by atoms with Gasteiger partial charge in [-0.25, -0.2) is 4.79 Å². The summed E-state index contributed by atoms with van der Waals surface area (Å²) in [5.41, 5.74) is 1.74. The Kier molecular flexibility index (Phi) is 6.42. The fraction of sp³-hybridized carbons (Fsp3) is 0.263.